The molecule has 1 heterocycles. The molecule has 2 saturated carbocycles. The molecule has 1 aromatic heterocycles. The maximum atomic E-state index is 12.3. The monoisotopic (exact) mass is 381 g/mol. The quantitative estimate of drug-likeness (QED) is 0.773. The van der Waals surface area contributed by atoms with E-state index in [0.717, 1.165) is 29.4 Å². The van der Waals surface area contributed by atoms with Crippen LogP contribution in [0, 0.1) is 31.6 Å². The molecular weight excluding hydrogens is 354 g/mol. The number of benzene rings is 1. The Morgan fingerprint density at radius 1 is 1.18 bits per heavy atom. The van der Waals surface area contributed by atoms with Crippen LogP contribution >= 0.6 is 0 Å². The van der Waals surface area contributed by atoms with Gasteiger partial charge in [-0.05, 0) is 63.0 Å². The van der Waals surface area contributed by atoms with Crippen LogP contribution in [-0.2, 0) is 14.3 Å². The first-order valence-corrected chi connectivity index (χ1v) is 10.1. The zero-order valence-corrected chi connectivity index (χ0v) is 16.5. The van der Waals surface area contributed by atoms with Gasteiger partial charge in [0.15, 0.2) is 6.61 Å². The molecule has 2 bridgehead atoms. The fourth-order valence-electron chi connectivity index (χ4n) is 4.87. The summed E-state index contributed by atoms with van der Waals surface area (Å²) >= 11 is 0. The number of hydrogen-bond donors (Lipinski definition) is 1. The molecule has 2 aliphatic rings. The van der Waals surface area contributed by atoms with Gasteiger partial charge >= 0.3 is 5.97 Å². The van der Waals surface area contributed by atoms with E-state index < -0.39 is 0 Å². The smallest absolute Gasteiger partial charge is 0.306 e. The number of para-hydroxylation sites is 1. The molecule has 148 valence electrons. The number of esters is 1. The van der Waals surface area contributed by atoms with Crippen molar-refractivity contribution in [2.45, 2.75) is 46.0 Å². The highest BCUT2D eigenvalue weighted by atomic mass is 16.5. The standard InChI is InChI=1S/C22H27N3O3/c1-14-22(15(2)25(24-14)19-6-4-3-5-7-19)23-20(26)13-28-21(27)12-18-11-16-8-9-17(18)10-16/h3-7,16-18H,8-13H2,1-2H3,(H,23,26)/t16-,17+,18-/m0/s1. The minimum absolute atomic E-state index is 0.255. The molecule has 2 aliphatic carbocycles. The molecule has 0 aliphatic heterocycles. The number of carbonyl (C=O) groups excluding carboxylic acids is 2. The number of aromatic nitrogens is 2. The molecule has 1 amide bonds. The SMILES string of the molecule is Cc1nn(-c2ccccc2)c(C)c1NC(=O)COC(=O)C[C@@H]1C[C@H]2CC[C@@H]1C2. The summed E-state index contributed by atoms with van der Waals surface area (Å²) in [6.07, 6.45) is 5.41. The Balaban J connectivity index is 1.31. The summed E-state index contributed by atoms with van der Waals surface area (Å²) < 4.78 is 7.04. The molecule has 2 aromatic rings. The summed E-state index contributed by atoms with van der Waals surface area (Å²) in [5.74, 6) is 1.34. The molecule has 6 heteroatoms. The van der Waals surface area contributed by atoms with E-state index in [-0.39, 0.29) is 18.5 Å². The third-order valence-electron chi connectivity index (χ3n) is 6.23. The highest BCUT2D eigenvalue weighted by Gasteiger charge is 2.40. The Hall–Kier alpha value is -2.63. The van der Waals surface area contributed by atoms with Crippen molar-refractivity contribution in [3.8, 4) is 5.69 Å². The molecule has 0 spiro atoms. The van der Waals surface area contributed by atoms with Gasteiger partial charge in [-0.3, -0.25) is 9.59 Å². The van der Waals surface area contributed by atoms with Crippen LogP contribution in [0.1, 0.15) is 43.5 Å². The van der Waals surface area contributed by atoms with E-state index in [4.69, 9.17) is 4.74 Å². The first kappa shape index (κ1) is 18.7. The minimum atomic E-state index is -0.333. The Labute approximate surface area is 165 Å². The maximum Gasteiger partial charge on any atom is 0.306 e. The summed E-state index contributed by atoms with van der Waals surface area (Å²) in [6.45, 7) is 3.50. The molecule has 0 unspecified atom stereocenters. The van der Waals surface area contributed by atoms with Gasteiger partial charge in [0.05, 0.1) is 22.8 Å². The second-order valence-corrected chi connectivity index (χ2v) is 8.14. The predicted octanol–water partition coefficient (Wildman–Crippen LogP) is 3.80. The van der Waals surface area contributed by atoms with E-state index in [1.165, 1.54) is 19.3 Å². The summed E-state index contributed by atoms with van der Waals surface area (Å²) in [4.78, 5) is 24.4. The van der Waals surface area contributed by atoms with E-state index in [0.29, 0.717) is 23.9 Å². The van der Waals surface area contributed by atoms with Crippen LogP contribution in [0.15, 0.2) is 30.3 Å². The van der Waals surface area contributed by atoms with Gasteiger partial charge in [-0.1, -0.05) is 24.6 Å². The zero-order chi connectivity index (χ0) is 19.7. The van der Waals surface area contributed by atoms with Crippen LogP contribution in [0.25, 0.3) is 5.69 Å². The van der Waals surface area contributed by atoms with Gasteiger partial charge in [-0.2, -0.15) is 5.10 Å². The third kappa shape index (κ3) is 3.81. The van der Waals surface area contributed by atoms with Crippen LogP contribution in [0.2, 0.25) is 0 Å². The Morgan fingerprint density at radius 2 is 1.96 bits per heavy atom. The second kappa shape index (κ2) is 7.78. The van der Waals surface area contributed by atoms with E-state index in [2.05, 4.69) is 10.4 Å². The number of nitrogens with zero attached hydrogens (tertiary/aromatic N) is 2. The third-order valence-corrected chi connectivity index (χ3v) is 6.23. The van der Waals surface area contributed by atoms with Gasteiger partial charge in [0, 0.05) is 6.42 Å². The molecule has 0 saturated heterocycles. The summed E-state index contributed by atoms with van der Waals surface area (Å²) in [5, 5.41) is 7.36. The lowest BCUT2D eigenvalue weighted by Crippen LogP contribution is -2.23. The van der Waals surface area contributed by atoms with Crippen LogP contribution in [0.5, 0.6) is 0 Å². The van der Waals surface area contributed by atoms with Gasteiger partial charge in [0.25, 0.3) is 5.91 Å². The Bertz CT molecular complexity index is 875. The number of hydrogen-bond acceptors (Lipinski definition) is 4. The number of carbonyl (C=O) groups is 2. The molecule has 1 N–H and O–H groups in total. The first-order chi connectivity index (χ1) is 13.5. The predicted molar refractivity (Wildman–Crippen MR) is 106 cm³/mol. The van der Waals surface area contributed by atoms with Gasteiger partial charge < -0.3 is 10.1 Å². The second-order valence-electron chi connectivity index (χ2n) is 8.14. The lowest BCUT2D eigenvalue weighted by molar-refractivity contribution is -0.148. The van der Waals surface area contributed by atoms with Crippen molar-refractivity contribution < 1.29 is 14.3 Å². The molecule has 1 aromatic carbocycles. The van der Waals surface area contributed by atoms with Crippen molar-refractivity contribution in [3.63, 3.8) is 0 Å². The average Bonchev–Trinajstić information content (AvgIpc) is 3.38. The lowest BCUT2D eigenvalue weighted by Gasteiger charge is -2.20. The van der Waals surface area contributed by atoms with E-state index >= 15 is 0 Å². The zero-order valence-electron chi connectivity index (χ0n) is 16.5. The van der Waals surface area contributed by atoms with Crippen molar-refractivity contribution in [1.29, 1.82) is 0 Å². The first-order valence-electron chi connectivity index (χ1n) is 10.1. The van der Waals surface area contributed by atoms with Crippen LogP contribution in [0.3, 0.4) is 0 Å². The van der Waals surface area contributed by atoms with Crippen molar-refractivity contribution >= 4 is 17.6 Å². The number of aryl methyl sites for hydroxylation is 1. The minimum Gasteiger partial charge on any atom is -0.456 e. The van der Waals surface area contributed by atoms with Gasteiger partial charge in [0.2, 0.25) is 0 Å². The molecular formula is C22H27N3O3. The van der Waals surface area contributed by atoms with Gasteiger partial charge in [-0.25, -0.2) is 4.68 Å². The van der Waals surface area contributed by atoms with Crippen LogP contribution in [-0.4, -0.2) is 28.3 Å². The van der Waals surface area contributed by atoms with Crippen molar-refractivity contribution in [2.24, 2.45) is 17.8 Å². The Morgan fingerprint density at radius 3 is 2.64 bits per heavy atom. The molecule has 6 nitrogen and oxygen atoms in total. The number of anilines is 1. The largest absolute Gasteiger partial charge is 0.456 e. The Kier molecular flexibility index (Phi) is 5.20. The van der Waals surface area contributed by atoms with Crippen molar-refractivity contribution in [3.05, 3.63) is 41.7 Å². The van der Waals surface area contributed by atoms with E-state index in [1.807, 2.05) is 44.2 Å². The topological polar surface area (TPSA) is 73.2 Å². The van der Waals surface area contributed by atoms with Crippen molar-refractivity contribution in [1.82, 2.24) is 9.78 Å². The fourth-order valence-corrected chi connectivity index (χ4v) is 4.87. The van der Waals surface area contributed by atoms with E-state index in [1.54, 1.807) is 4.68 Å². The van der Waals surface area contributed by atoms with Crippen LogP contribution < -0.4 is 5.32 Å². The van der Waals surface area contributed by atoms with Crippen LogP contribution in [0.4, 0.5) is 5.69 Å². The number of rotatable bonds is 6. The molecule has 4 rings (SSSR count). The number of ether oxygens (including phenoxy) is 1. The van der Waals surface area contributed by atoms with Gasteiger partial charge in [0.1, 0.15) is 0 Å². The molecule has 0 radical (unpaired) electrons. The lowest BCUT2D eigenvalue weighted by atomic mass is 9.86. The van der Waals surface area contributed by atoms with E-state index in [9.17, 15) is 9.59 Å². The highest BCUT2D eigenvalue weighted by Crippen LogP contribution is 2.49. The normalized spacial score (nSPS) is 23.0. The summed E-state index contributed by atoms with van der Waals surface area (Å²) in [7, 11) is 0. The maximum absolute atomic E-state index is 12.3. The number of nitrogens with one attached hydrogen (secondary N) is 1. The summed E-state index contributed by atoms with van der Waals surface area (Å²) in [5.41, 5.74) is 3.16. The highest BCUT2D eigenvalue weighted by molar-refractivity contribution is 5.93. The van der Waals surface area contributed by atoms with Crippen molar-refractivity contribution in [2.75, 3.05) is 11.9 Å². The molecule has 2 fully saturated rings. The fraction of sp³-hybridized carbons (Fsp3) is 0.500. The average molecular weight is 381 g/mol. The van der Waals surface area contributed by atoms with Gasteiger partial charge in [-0.15, -0.1) is 0 Å². The molecule has 3 atom stereocenters. The molecule has 28 heavy (non-hydrogen) atoms. The number of fused-ring (bicyclic) bond motifs is 2. The number of amides is 1. The summed E-state index contributed by atoms with van der Waals surface area (Å²) in [6, 6.07) is 9.76.